The molecule has 1 aromatic carbocycles. The molecule has 0 aliphatic heterocycles. The van der Waals surface area contributed by atoms with E-state index in [1.165, 1.54) is 0 Å². The van der Waals surface area contributed by atoms with E-state index >= 15 is 0 Å². The van der Waals surface area contributed by atoms with Crippen LogP contribution in [0.3, 0.4) is 0 Å². The van der Waals surface area contributed by atoms with E-state index in [2.05, 4.69) is 15.3 Å². The lowest BCUT2D eigenvalue weighted by Gasteiger charge is -2.17. The monoisotopic (exact) mass is 345 g/mol. The molecule has 2 N–H and O–H groups in total. The predicted molar refractivity (Wildman–Crippen MR) is 97.6 cm³/mol. The first-order chi connectivity index (χ1) is 11.6. The Labute approximate surface area is 145 Å². The second-order valence-electron chi connectivity index (χ2n) is 5.62. The number of benzene rings is 1. The number of nitrogens with one attached hydrogen (secondary N) is 1. The van der Waals surface area contributed by atoms with Crippen molar-refractivity contribution < 1.29 is 5.11 Å². The number of aryl methyl sites for hydroxylation is 1. The van der Waals surface area contributed by atoms with Crippen LogP contribution in [0.5, 0.6) is 0 Å². The van der Waals surface area contributed by atoms with Crippen LogP contribution >= 0.6 is 11.6 Å². The molecule has 0 atom stereocenters. The van der Waals surface area contributed by atoms with Crippen LogP contribution in [-0.2, 0) is 13.6 Å². The minimum Gasteiger partial charge on any atom is -0.395 e. The quantitative estimate of drug-likeness (QED) is 0.719. The number of hydrogen-bond acceptors (Lipinski definition) is 5. The molecule has 126 valence electrons. The van der Waals surface area contributed by atoms with Gasteiger partial charge in [0.05, 0.1) is 36.1 Å². The number of likely N-dealkylation sites (N-methyl/N-ethyl adjacent to an activating group) is 1. The average molecular weight is 346 g/mol. The van der Waals surface area contributed by atoms with Gasteiger partial charge in [0, 0.05) is 25.7 Å². The van der Waals surface area contributed by atoms with E-state index in [0.717, 1.165) is 28.4 Å². The molecule has 2 aromatic heterocycles. The summed E-state index contributed by atoms with van der Waals surface area (Å²) in [6.07, 6.45) is 1.78. The molecule has 3 rings (SSSR count). The Bertz CT molecular complexity index is 831. The summed E-state index contributed by atoms with van der Waals surface area (Å²) in [4.78, 5) is 11.0. The van der Waals surface area contributed by atoms with Crippen LogP contribution in [0, 0.1) is 0 Å². The van der Waals surface area contributed by atoms with E-state index in [-0.39, 0.29) is 6.61 Å². The summed E-state index contributed by atoms with van der Waals surface area (Å²) >= 11 is 6.02. The lowest BCUT2D eigenvalue weighted by atomic mass is 10.3. The summed E-state index contributed by atoms with van der Waals surface area (Å²) in [6, 6.07) is 9.59. The molecule has 6 nitrogen and oxygen atoms in total. The van der Waals surface area contributed by atoms with Gasteiger partial charge in [-0.2, -0.15) is 0 Å². The minimum atomic E-state index is 0.118. The number of aliphatic hydroxyl groups excluding tert-OH is 1. The SMILES string of the molecule is CN(CCO)c1ccc(NCc2nc3cc(Cl)ccc3n2C)nc1. The van der Waals surface area contributed by atoms with Crippen LogP contribution < -0.4 is 10.2 Å². The Morgan fingerprint density at radius 2 is 2.12 bits per heavy atom. The van der Waals surface area contributed by atoms with E-state index in [1.807, 2.05) is 53.9 Å². The zero-order chi connectivity index (χ0) is 17.1. The van der Waals surface area contributed by atoms with Crippen molar-refractivity contribution in [2.24, 2.45) is 7.05 Å². The maximum atomic E-state index is 8.97. The molecule has 0 radical (unpaired) electrons. The normalized spacial score (nSPS) is 11.0. The fraction of sp³-hybridized carbons (Fsp3) is 0.294. The van der Waals surface area contributed by atoms with Crippen molar-refractivity contribution in [2.75, 3.05) is 30.4 Å². The van der Waals surface area contributed by atoms with Crippen LogP contribution in [0.4, 0.5) is 11.5 Å². The highest BCUT2D eigenvalue weighted by Crippen LogP contribution is 2.20. The molecule has 2 heterocycles. The van der Waals surface area contributed by atoms with Gasteiger partial charge in [0.15, 0.2) is 0 Å². The Balaban J connectivity index is 1.70. The molecule has 0 fully saturated rings. The van der Waals surface area contributed by atoms with Gasteiger partial charge in [-0.25, -0.2) is 9.97 Å². The van der Waals surface area contributed by atoms with E-state index in [0.29, 0.717) is 18.1 Å². The predicted octanol–water partition coefficient (Wildman–Crippen LogP) is 2.66. The lowest BCUT2D eigenvalue weighted by molar-refractivity contribution is 0.304. The van der Waals surface area contributed by atoms with Crippen LogP contribution in [0.2, 0.25) is 5.02 Å². The van der Waals surface area contributed by atoms with Gasteiger partial charge >= 0.3 is 0 Å². The highest BCUT2D eigenvalue weighted by Gasteiger charge is 2.08. The van der Waals surface area contributed by atoms with E-state index in [1.54, 1.807) is 6.20 Å². The van der Waals surface area contributed by atoms with Crippen molar-refractivity contribution in [1.29, 1.82) is 0 Å². The van der Waals surface area contributed by atoms with Crippen molar-refractivity contribution >= 4 is 34.1 Å². The largest absolute Gasteiger partial charge is 0.395 e. The first-order valence-electron chi connectivity index (χ1n) is 7.71. The first-order valence-corrected chi connectivity index (χ1v) is 8.09. The molecule has 0 saturated heterocycles. The van der Waals surface area contributed by atoms with Gasteiger partial charge in [-0.1, -0.05) is 11.6 Å². The summed E-state index contributed by atoms with van der Waals surface area (Å²) in [7, 11) is 3.91. The number of aliphatic hydroxyl groups is 1. The van der Waals surface area contributed by atoms with Crippen molar-refractivity contribution in [1.82, 2.24) is 14.5 Å². The van der Waals surface area contributed by atoms with Crippen LogP contribution in [0.1, 0.15) is 5.82 Å². The fourth-order valence-corrected chi connectivity index (χ4v) is 2.71. The number of rotatable bonds is 6. The summed E-state index contributed by atoms with van der Waals surface area (Å²) in [6.45, 7) is 1.27. The molecule has 0 saturated carbocycles. The number of nitrogens with zero attached hydrogens (tertiary/aromatic N) is 4. The highest BCUT2D eigenvalue weighted by molar-refractivity contribution is 6.31. The van der Waals surface area contributed by atoms with E-state index < -0.39 is 0 Å². The molecule has 7 heteroatoms. The van der Waals surface area contributed by atoms with Crippen molar-refractivity contribution in [3.63, 3.8) is 0 Å². The third kappa shape index (κ3) is 3.44. The highest BCUT2D eigenvalue weighted by atomic mass is 35.5. The third-order valence-corrected chi connectivity index (χ3v) is 4.22. The van der Waals surface area contributed by atoms with Crippen LogP contribution in [0.25, 0.3) is 11.0 Å². The van der Waals surface area contributed by atoms with Gasteiger partial charge in [0.25, 0.3) is 0 Å². The number of fused-ring (bicyclic) bond motifs is 1. The molecule has 0 aliphatic carbocycles. The molecule has 24 heavy (non-hydrogen) atoms. The Kier molecular flexibility index (Phi) is 4.87. The molecule has 0 amide bonds. The van der Waals surface area contributed by atoms with Gasteiger partial charge in [-0.05, 0) is 30.3 Å². The third-order valence-electron chi connectivity index (χ3n) is 3.99. The summed E-state index contributed by atoms with van der Waals surface area (Å²) in [5, 5.41) is 12.9. The Morgan fingerprint density at radius 1 is 1.29 bits per heavy atom. The Hall–Kier alpha value is -2.31. The van der Waals surface area contributed by atoms with E-state index in [4.69, 9.17) is 16.7 Å². The topological polar surface area (TPSA) is 66.2 Å². The molecule has 0 unspecified atom stereocenters. The fourth-order valence-electron chi connectivity index (χ4n) is 2.55. The zero-order valence-electron chi connectivity index (χ0n) is 13.7. The van der Waals surface area contributed by atoms with Crippen LogP contribution in [-0.4, -0.2) is 39.8 Å². The van der Waals surface area contributed by atoms with Gasteiger partial charge in [-0.3, -0.25) is 0 Å². The minimum absolute atomic E-state index is 0.118. The number of aromatic nitrogens is 3. The number of halogens is 1. The van der Waals surface area contributed by atoms with Crippen LogP contribution in [0.15, 0.2) is 36.5 Å². The average Bonchev–Trinajstić information content (AvgIpc) is 2.89. The maximum absolute atomic E-state index is 8.97. The second kappa shape index (κ2) is 7.07. The van der Waals surface area contributed by atoms with Crippen molar-refractivity contribution in [3.8, 4) is 0 Å². The zero-order valence-corrected chi connectivity index (χ0v) is 14.5. The first kappa shape index (κ1) is 16.5. The summed E-state index contributed by atoms with van der Waals surface area (Å²) < 4.78 is 2.04. The van der Waals surface area contributed by atoms with E-state index in [9.17, 15) is 0 Å². The summed E-state index contributed by atoms with van der Waals surface area (Å²) in [5.41, 5.74) is 2.90. The van der Waals surface area contributed by atoms with Gasteiger partial charge < -0.3 is 19.9 Å². The number of pyridine rings is 1. The standard InChI is InChI=1S/C17H20ClN5O/c1-22(7-8-24)13-4-6-16(19-10-13)20-11-17-21-14-9-12(18)3-5-15(14)23(17)2/h3-6,9-10,24H,7-8,11H2,1-2H3,(H,19,20). The molecular formula is C17H20ClN5O. The van der Waals surface area contributed by atoms with Gasteiger partial charge in [0.1, 0.15) is 11.6 Å². The lowest BCUT2D eigenvalue weighted by Crippen LogP contribution is -2.21. The number of imidazole rings is 1. The van der Waals surface area contributed by atoms with Gasteiger partial charge in [0.2, 0.25) is 0 Å². The second-order valence-corrected chi connectivity index (χ2v) is 6.06. The molecule has 0 bridgehead atoms. The number of anilines is 2. The molecular weight excluding hydrogens is 326 g/mol. The van der Waals surface area contributed by atoms with Crippen molar-refractivity contribution in [3.05, 3.63) is 47.4 Å². The number of hydrogen-bond donors (Lipinski definition) is 2. The van der Waals surface area contributed by atoms with Gasteiger partial charge in [-0.15, -0.1) is 0 Å². The molecule has 0 spiro atoms. The molecule has 3 aromatic rings. The maximum Gasteiger partial charge on any atom is 0.129 e. The smallest absolute Gasteiger partial charge is 0.129 e. The Morgan fingerprint density at radius 3 is 2.83 bits per heavy atom. The van der Waals surface area contributed by atoms with Crippen molar-refractivity contribution in [2.45, 2.75) is 6.54 Å². The summed E-state index contributed by atoms with van der Waals surface area (Å²) in [5.74, 6) is 1.69. The molecule has 0 aliphatic rings.